The fourth-order valence-electron chi connectivity index (χ4n) is 4.22. The van der Waals surface area contributed by atoms with E-state index in [4.69, 9.17) is 9.47 Å². The van der Waals surface area contributed by atoms with E-state index in [9.17, 15) is 14.4 Å². The van der Waals surface area contributed by atoms with E-state index in [1.165, 1.54) is 0 Å². The molecule has 0 saturated carbocycles. The topological polar surface area (TPSA) is 76.2 Å². The van der Waals surface area contributed by atoms with Gasteiger partial charge in [-0.1, -0.05) is 19.8 Å². The van der Waals surface area contributed by atoms with Crippen molar-refractivity contribution in [1.29, 1.82) is 0 Å². The van der Waals surface area contributed by atoms with E-state index < -0.39 is 0 Å². The zero-order valence-corrected chi connectivity index (χ0v) is 19.2. The van der Waals surface area contributed by atoms with Gasteiger partial charge in [0.1, 0.15) is 5.75 Å². The second kappa shape index (κ2) is 12.6. The summed E-state index contributed by atoms with van der Waals surface area (Å²) >= 11 is 0. The molecule has 2 aliphatic rings. The van der Waals surface area contributed by atoms with Crippen molar-refractivity contribution in [2.45, 2.75) is 51.9 Å². The number of hydrogen-bond acceptors (Lipinski definition) is 5. The highest BCUT2D eigenvalue weighted by Crippen LogP contribution is 2.21. The molecule has 32 heavy (non-hydrogen) atoms. The predicted molar refractivity (Wildman–Crippen MR) is 122 cm³/mol. The average molecular weight is 445 g/mol. The van der Waals surface area contributed by atoms with Gasteiger partial charge in [0.15, 0.2) is 5.78 Å². The summed E-state index contributed by atoms with van der Waals surface area (Å²) in [5, 5.41) is 0. The summed E-state index contributed by atoms with van der Waals surface area (Å²) in [6.07, 6.45) is 5.11. The van der Waals surface area contributed by atoms with Crippen LogP contribution in [0.1, 0.15) is 62.2 Å². The van der Waals surface area contributed by atoms with Crippen molar-refractivity contribution >= 4 is 17.6 Å². The number of amides is 2. The number of Topliss-reactive ketones (excluding diaryl/α,β-unsaturated/α-hetero) is 1. The fraction of sp³-hybridized carbons (Fsp3) is 0.640. The van der Waals surface area contributed by atoms with Crippen molar-refractivity contribution in [2.24, 2.45) is 5.92 Å². The zero-order valence-electron chi connectivity index (χ0n) is 19.2. The van der Waals surface area contributed by atoms with Crippen molar-refractivity contribution in [3.8, 4) is 5.75 Å². The summed E-state index contributed by atoms with van der Waals surface area (Å²) in [5.74, 6) is 0.901. The van der Waals surface area contributed by atoms with Gasteiger partial charge in [0.25, 0.3) is 0 Å². The maximum atomic E-state index is 12.6. The van der Waals surface area contributed by atoms with Crippen LogP contribution in [0.25, 0.3) is 0 Å². The molecular formula is C25H36N2O5. The lowest BCUT2D eigenvalue weighted by molar-refractivity contribution is -0.143. The number of likely N-dealkylation sites (tertiary alicyclic amines) is 1. The summed E-state index contributed by atoms with van der Waals surface area (Å²) in [6, 6.07) is 7.17. The molecule has 3 rings (SSSR count). The highest BCUT2D eigenvalue weighted by Gasteiger charge is 2.30. The largest absolute Gasteiger partial charge is 0.494 e. The Hall–Kier alpha value is -2.41. The van der Waals surface area contributed by atoms with E-state index in [0.717, 1.165) is 25.0 Å². The smallest absolute Gasteiger partial charge is 0.225 e. The van der Waals surface area contributed by atoms with Crippen LogP contribution < -0.4 is 4.74 Å². The van der Waals surface area contributed by atoms with Crippen molar-refractivity contribution in [3.05, 3.63) is 29.8 Å². The highest BCUT2D eigenvalue weighted by atomic mass is 16.5. The van der Waals surface area contributed by atoms with Crippen LogP contribution in [0.4, 0.5) is 0 Å². The lowest BCUT2D eigenvalue weighted by atomic mass is 9.94. The van der Waals surface area contributed by atoms with Crippen molar-refractivity contribution in [3.63, 3.8) is 0 Å². The second-order valence-corrected chi connectivity index (χ2v) is 8.60. The number of benzene rings is 1. The third-order valence-corrected chi connectivity index (χ3v) is 6.28. The summed E-state index contributed by atoms with van der Waals surface area (Å²) in [5.41, 5.74) is 0.605. The molecule has 0 aromatic heterocycles. The molecule has 1 aromatic carbocycles. The number of ketones is 1. The molecule has 2 fully saturated rings. The molecule has 2 heterocycles. The van der Waals surface area contributed by atoms with E-state index in [2.05, 4.69) is 6.92 Å². The van der Waals surface area contributed by atoms with Crippen LogP contribution in [0.2, 0.25) is 0 Å². The molecule has 2 aliphatic heterocycles. The number of hydrogen-bond donors (Lipinski definition) is 0. The molecule has 0 N–H and O–H groups in total. The molecule has 1 aromatic rings. The average Bonchev–Trinajstić information content (AvgIpc) is 2.85. The number of ether oxygens (including phenoxy) is 2. The molecule has 0 radical (unpaired) electrons. The Morgan fingerprint density at radius 1 is 0.938 bits per heavy atom. The van der Waals surface area contributed by atoms with Crippen LogP contribution in [-0.2, 0) is 14.3 Å². The quantitative estimate of drug-likeness (QED) is 0.409. The molecule has 0 unspecified atom stereocenters. The summed E-state index contributed by atoms with van der Waals surface area (Å²) in [4.78, 5) is 41.4. The Morgan fingerprint density at radius 3 is 2.28 bits per heavy atom. The number of nitrogens with zero attached hydrogens (tertiary/aromatic N) is 2. The molecule has 2 saturated heterocycles. The Morgan fingerprint density at radius 2 is 1.62 bits per heavy atom. The number of carbonyl (C=O) groups excluding carboxylic acids is 3. The van der Waals surface area contributed by atoms with Gasteiger partial charge in [-0.25, -0.2) is 0 Å². The van der Waals surface area contributed by atoms with Gasteiger partial charge in [-0.15, -0.1) is 0 Å². The third kappa shape index (κ3) is 7.05. The first-order valence-electron chi connectivity index (χ1n) is 12.0. The monoisotopic (exact) mass is 444 g/mol. The van der Waals surface area contributed by atoms with Gasteiger partial charge in [-0.2, -0.15) is 0 Å². The van der Waals surface area contributed by atoms with Gasteiger partial charge in [-0.3, -0.25) is 14.4 Å². The number of piperidine rings is 1. The predicted octanol–water partition coefficient (Wildman–Crippen LogP) is 3.32. The van der Waals surface area contributed by atoms with Gasteiger partial charge in [0.05, 0.1) is 19.8 Å². The summed E-state index contributed by atoms with van der Waals surface area (Å²) < 4.78 is 11.0. The van der Waals surface area contributed by atoms with Gasteiger partial charge in [0, 0.05) is 50.5 Å². The van der Waals surface area contributed by atoms with Crippen LogP contribution in [-0.4, -0.2) is 73.4 Å². The molecular weight excluding hydrogens is 408 g/mol. The maximum Gasteiger partial charge on any atom is 0.225 e. The van der Waals surface area contributed by atoms with E-state index >= 15 is 0 Å². The minimum absolute atomic E-state index is 0.00787. The van der Waals surface area contributed by atoms with Gasteiger partial charge < -0.3 is 19.3 Å². The number of unbranched alkanes of at least 4 members (excludes halogenated alkanes) is 2. The van der Waals surface area contributed by atoms with Crippen LogP contribution >= 0.6 is 0 Å². The zero-order chi connectivity index (χ0) is 22.8. The second-order valence-electron chi connectivity index (χ2n) is 8.60. The molecule has 2 amide bonds. The standard InChI is InChI=1S/C25H36N2O5/c1-2-3-4-17-32-22-7-5-20(6-8-22)23(28)9-10-24(29)26-13-11-21(12-14-26)25(30)27-15-18-31-19-16-27/h5-8,21H,2-4,9-19H2,1H3. The molecule has 7 heteroatoms. The first kappa shape index (κ1) is 24.2. The molecule has 0 atom stereocenters. The van der Waals surface area contributed by atoms with E-state index in [1.807, 2.05) is 17.0 Å². The van der Waals surface area contributed by atoms with Gasteiger partial charge in [0.2, 0.25) is 11.8 Å². The summed E-state index contributed by atoms with van der Waals surface area (Å²) in [7, 11) is 0. The first-order valence-corrected chi connectivity index (χ1v) is 12.0. The Kier molecular flexibility index (Phi) is 9.53. The van der Waals surface area contributed by atoms with E-state index in [1.54, 1.807) is 17.0 Å². The normalized spacial score (nSPS) is 17.3. The SMILES string of the molecule is CCCCCOc1ccc(C(=O)CCC(=O)N2CCC(C(=O)N3CCOCC3)CC2)cc1. The van der Waals surface area contributed by atoms with Crippen molar-refractivity contribution in [1.82, 2.24) is 9.80 Å². The van der Waals surface area contributed by atoms with Crippen molar-refractivity contribution in [2.75, 3.05) is 46.0 Å². The van der Waals surface area contributed by atoms with Crippen LogP contribution in [0.15, 0.2) is 24.3 Å². The molecule has 0 aliphatic carbocycles. The number of morpholine rings is 1. The third-order valence-electron chi connectivity index (χ3n) is 6.28. The number of rotatable bonds is 10. The maximum absolute atomic E-state index is 12.6. The van der Waals surface area contributed by atoms with E-state index in [0.29, 0.717) is 64.4 Å². The molecule has 0 bridgehead atoms. The van der Waals surface area contributed by atoms with Gasteiger partial charge >= 0.3 is 0 Å². The van der Waals surface area contributed by atoms with Gasteiger partial charge in [-0.05, 0) is 43.5 Å². The van der Waals surface area contributed by atoms with Crippen LogP contribution in [0.3, 0.4) is 0 Å². The Bertz CT molecular complexity index is 750. The summed E-state index contributed by atoms with van der Waals surface area (Å²) in [6.45, 7) is 6.52. The fourth-order valence-corrected chi connectivity index (χ4v) is 4.22. The number of carbonyl (C=O) groups is 3. The molecule has 0 spiro atoms. The Labute approximate surface area is 191 Å². The van der Waals surface area contributed by atoms with E-state index in [-0.39, 0.29) is 36.4 Å². The first-order chi connectivity index (χ1) is 15.6. The van der Waals surface area contributed by atoms with Crippen LogP contribution in [0, 0.1) is 5.92 Å². The lowest BCUT2D eigenvalue weighted by Crippen LogP contribution is -2.47. The van der Waals surface area contributed by atoms with Crippen molar-refractivity contribution < 1.29 is 23.9 Å². The Balaban J connectivity index is 1.37. The van der Waals surface area contributed by atoms with Crippen LogP contribution in [0.5, 0.6) is 5.75 Å². The minimum Gasteiger partial charge on any atom is -0.494 e. The highest BCUT2D eigenvalue weighted by molar-refractivity contribution is 5.98. The molecule has 7 nitrogen and oxygen atoms in total. The minimum atomic E-state index is -0.0340. The lowest BCUT2D eigenvalue weighted by Gasteiger charge is -2.35. The molecule has 176 valence electrons.